The first-order valence-corrected chi connectivity index (χ1v) is 6.16. The fourth-order valence-electron chi connectivity index (χ4n) is 2.12. The molecule has 0 unspecified atom stereocenters. The van der Waals surface area contributed by atoms with Crippen molar-refractivity contribution in [3.8, 4) is 0 Å². The summed E-state index contributed by atoms with van der Waals surface area (Å²) in [7, 11) is 0. The van der Waals surface area contributed by atoms with Crippen molar-refractivity contribution < 1.29 is 14.1 Å². The summed E-state index contributed by atoms with van der Waals surface area (Å²) in [5.74, 6) is 0.644. The third-order valence-electron chi connectivity index (χ3n) is 3.28. The summed E-state index contributed by atoms with van der Waals surface area (Å²) in [4.78, 5) is 11.9. The Bertz CT molecular complexity index is 416. The standard InChI is InChI=1S/C12H19N3O3.ClH/c1-7-10(8(2)18-15-7)6-14-12(16)11-4-3-9(5-13)17-11;/h9,11H,3-6,13H2,1-2H3,(H,14,16);1H/t9-,11+;/m1./s1. The van der Waals surface area contributed by atoms with Crippen molar-refractivity contribution in [1.82, 2.24) is 10.5 Å². The van der Waals surface area contributed by atoms with Gasteiger partial charge in [0.15, 0.2) is 0 Å². The normalized spacial score (nSPS) is 22.1. The number of aryl methyl sites for hydroxylation is 2. The monoisotopic (exact) mass is 289 g/mol. The van der Waals surface area contributed by atoms with Crippen molar-refractivity contribution in [2.24, 2.45) is 5.73 Å². The molecule has 0 bridgehead atoms. The summed E-state index contributed by atoms with van der Waals surface area (Å²) in [5, 5.41) is 6.69. The van der Waals surface area contributed by atoms with Crippen LogP contribution in [0.1, 0.15) is 29.9 Å². The number of rotatable bonds is 4. The number of nitrogens with two attached hydrogens (primary N) is 1. The first-order chi connectivity index (χ1) is 8.61. The lowest BCUT2D eigenvalue weighted by Crippen LogP contribution is -2.35. The van der Waals surface area contributed by atoms with Crippen LogP contribution in [-0.2, 0) is 16.1 Å². The number of hydrogen-bond donors (Lipinski definition) is 2. The Labute approximate surface area is 118 Å². The molecule has 2 atom stereocenters. The summed E-state index contributed by atoms with van der Waals surface area (Å²) >= 11 is 0. The molecular weight excluding hydrogens is 270 g/mol. The smallest absolute Gasteiger partial charge is 0.249 e. The van der Waals surface area contributed by atoms with Gasteiger partial charge in [-0.25, -0.2) is 0 Å². The molecule has 1 aliphatic rings. The highest BCUT2D eigenvalue weighted by Gasteiger charge is 2.29. The van der Waals surface area contributed by atoms with Gasteiger partial charge in [0, 0.05) is 18.7 Å². The van der Waals surface area contributed by atoms with Crippen LogP contribution in [0.4, 0.5) is 0 Å². The number of carbonyl (C=O) groups is 1. The van der Waals surface area contributed by atoms with Crippen LogP contribution in [0.25, 0.3) is 0 Å². The number of amides is 1. The van der Waals surface area contributed by atoms with E-state index in [0.29, 0.717) is 13.1 Å². The highest BCUT2D eigenvalue weighted by atomic mass is 35.5. The van der Waals surface area contributed by atoms with Crippen LogP contribution < -0.4 is 11.1 Å². The molecule has 0 aliphatic carbocycles. The van der Waals surface area contributed by atoms with Crippen molar-refractivity contribution in [3.63, 3.8) is 0 Å². The number of nitrogens with zero attached hydrogens (tertiary/aromatic N) is 1. The Morgan fingerprint density at radius 3 is 2.74 bits per heavy atom. The molecule has 3 N–H and O–H groups in total. The number of hydrogen-bond acceptors (Lipinski definition) is 5. The number of halogens is 1. The van der Waals surface area contributed by atoms with Crippen molar-refractivity contribution >= 4 is 18.3 Å². The van der Waals surface area contributed by atoms with Crippen LogP contribution in [0.2, 0.25) is 0 Å². The fraction of sp³-hybridized carbons (Fsp3) is 0.667. The Morgan fingerprint density at radius 1 is 1.47 bits per heavy atom. The molecule has 1 fully saturated rings. The molecule has 108 valence electrons. The maximum atomic E-state index is 11.9. The Balaban J connectivity index is 0.00000180. The third kappa shape index (κ3) is 3.68. The summed E-state index contributed by atoms with van der Waals surface area (Å²) in [6.45, 7) is 4.58. The van der Waals surface area contributed by atoms with E-state index in [1.807, 2.05) is 13.8 Å². The van der Waals surface area contributed by atoms with Crippen molar-refractivity contribution in [1.29, 1.82) is 0 Å². The van der Waals surface area contributed by atoms with Gasteiger partial charge in [-0.1, -0.05) is 5.16 Å². The molecule has 0 spiro atoms. The van der Waals surface area contributed by atoms with Gasteiger partial charge in [0.1, 0.15) is 11.9 Å². The molecule has 1 saturated heterocycles. The average Bonchev–Trinajstić information content (AvgIpc) is 2.95. The summed E-state index contributed by atoms with van der Waals surface area (Å²) in [5.41, 5.74) is 7.24. The summed E-state index contributed by atoms with van der Waals surface area (Å²) < 4.78 is 10.6. The highest BCUT2D eigenvalue weighted by molar-refractivity contribution is 5.85. The van der Waals surface area contributed by atoms with Gasteiger partial charge in [-0.05, 0) is 26.7 Å². The Kier molecular flexibility index (Phi) is 5.78. The van der Waals surface area contributed by atoms with Crippen molar-refractivity contribution in [3.05, 3.63) is 17.0 Å². The predicted molar refractivity (Wildman–Crippen MR) is 72.0 cm³/mol. The van der Waals surface area contributed by atoms with Crippen LogP contribution in [0.3, 0.4) is 0 Å². The highest BCUT2D eigenvalue weighted by Crippen LogP contribution is 2.19. The minimum absolute atomic E-state index is 0. The van der Waals surface area contributed by atoms with Crippen molar-refractivity contribution in [2.45, 2.75) is 45.4 Å². The van der Waals surface area contributed by atoms with E-state index >= 15 is 0 Å². The van der Waals surface area contributed by atoms with Crippen LogP contribution >= 0.6 is 12.4 Å². The van der Waals surface area contributed by atoms with Gasteiger partial charge in [-0.3, -0.25) is 4.79 Å². The zero-order valence-corrected chi connectivity index (χ0v) is 12.0. The van der Waals surface area contributed by atoms with Crippen LogP contribution in [0, 0.1) is 13.8 Å². The van der Waals surface area contributed by atoms with Gasteiger partial charge < -0.3 is 20.3 Å². The molecule has 0 radical (unpaired) electrons. The largest absolute Gasteiger partial charge is 0.364 e. The molecule has 7 heteroatoms. The fourth-order valence-corrected chi connectivity index (χ4v) is 2.12. The second-order valence-corrected chi connectivity index (χ2v) is 4.58. The zero-order valence-electron chi connectivity index (χ0n) is 11.1. The second-order valence-electron chi connectivity index (χ2n) is 4.58. The lowest BCUT2D eigenvalue weighted by Gasteiger charge is -2.12. The molecule has 19 heavy (non-hydrogen) atoms. The maximum Gasteiger partial charge on any atom is 0.249 e. The predicted octanol–water partition coefficient (Wildman–Crippen LogP) is 0.836. The van der Waals surface area contributed by atoms with Crippen LogP contribution in [0.5, 0.6) is 0 Å². The van der Waals surface area contributed by atoms with Gasteiger partial charge in [0.05, 0.1) is 11.8 Å². The summed E-state index contributed by atoms with van der Waals surface area (Å²) in [6.07, 6.45) is 1.22. The van der Waals surface area contributed by atoms with Gasteiger partial charge in [0.2, 0.25) is 5.91 Å². The summed E-state index contributed by atoms with van der Waals surface area (Å²) in [6, 6.07) is 0. The van der Waals surface area contributed by atoms with Gasteiger partial charge >= 0.3 is 0 Å². The van der Waals surface area contributed by atoms with E-state index in [2.05, 4.69) is 10.5 Å². The number of carbonyl (C=O) groups excluding carboxylic acids is 1. The van der Waals surface area contributed by atoms with Gasteiger partial charge in [-0.2, -0.15) is 0 Å². The molecule has 0 aromatic carbocycles. The topological polar surface area (TPSA) is 90.4 Å². The van der Waals surface area contributed by atoms with E-state index in [4.69, 9.17) is 15.0 Å². The van der Waals surface area contributed by atoms with E-state index in [1.54, 1.807) is 0 Å². The minimum Gasteiger partial charge on any atom is -0.364 e. The molecule has 2 rings (SSSR count). The second kappa shape index (κ2) is 6.88. The minimum atomic E-state index is -0.376. The Hall–Kier alpha value is -1.11. The SMILES string of the molecule is Cc1noc(C)c1CNC(=O)[C@@H]1CC[C@H](CN)O1.Cl. The third-order valence-corrected chi connectivity index (χ3v) is 3.28. The Morgan fingerprint density at radius 2 is 2.21 bits per heavy atom. The maximum absolute atomic E-state index is 11.9. The van der Waals surface area contributed by atoms with Crippen molar-refractivity contribution in [2.75, 3.05) is 6.54 Å². The van der Waals surface area contributed by atoms with Crippen LogP contribution in [0.15, 0.2) is 4.52 Å². The molecule has 0 saturated carbocycles. The quantitative estimate of drug-likeness (QED) is 0.857. The van der Waals surface area contributed by atoms with E-state index in [-0.39, 0.29) is 30.5 Å². The molecule has 1 amide bonds. The number of aromatic nitrogens is 1. The molecule has 2 heterocycles. The van der Waals surface area contributed by atoms with Gasteiger partial charge in [-0.15, -0.1) is 12.4 Å². The first kappa shape index (κ1) is 15.9. The molecular formula is C12H20ClN3O3. The lowest BCUT2D eigenvalue weighted by molar-refractivity contribution is -0.132. The average molecular weight is 290 g/mol. The van der Waals surface area contributed by atoms with E-state index in [0.717, 1.165) is 29.9 Å². The lowest BCUT2D eigenvalue weighted by atomic mass is 10.1. The number of ether oxygens (including phenoxy) is 1. The van der Waals surface area contributed by atoms with E-state index in [1.165, 1.54) is 0 Å². The van der Waals surface area contributed by atoms with Crippen LogP contribution in [-0.4, -0.2) is 29.8 Å². The zero-order chi connectivity index (χ0) is 13.1. The number of nitrogens with one attached hydrogen (secondary N) is 1. The van der Waals surface area contributed by atoms with E-state index in [9.17, 15) is 4.79 Å². The molecule has 1 aliphatic heterocycles. The molecule has 6 nitrogen and oxygen atoms in total. The van der Waals surface area contributed by atoms with E-state index < -0.39 is 0 Å². The molecule has 1 aromatic heterocycles. The molecule has 1 aromatic rings. The first-order valence-electron chi connectivity index (χ1n) is 6.16. The van der Waals surface area contributed by atoms with Gasteiger partial charge in [0.25, 0.3) is 0 Å².